The molecular weight excluding hydrogens is 168 g/mol. The van der Waals surface area contributed by atoms with E-state index in [0.29, 0.717) is 5.56 Å². The van der Waals surface area contributed by atoms with Gasteiger partial charge in [-0.2, -0.15) is 0 Å². The quantitative estimate of drug-likeness (QED) is 0.700. The molecule has 1 aromatic heterocycles. The first-order chi connectivity index (χ1) is 5.94. The van der Waals surface area contributed by atoms with E-state index in [0.717, 1.165) is 5.56 Å². The van der Waals surface area contributed by atoms with Gasteiger partial charge in [0, 0.05) is 18.0 Å². The van der Waals surface area contributed by atoms with Gasteiger partial charge in [-0.3, -0.25) is 4.98 Å². The molecule has 70 valence electrons. The number of pyridine rings is 1. The summed E-state index contributed by atoms with van der Waals surface area (Å²) >= 11 is 0. The fourth-order valence-corrected chi connectivity index (χ4v) is 0.962. The van der Waals surface area contributed by atoms with Crippen LogP contribution in [0.15, 0.2) is 18.5 Å². The molecule has 1 aromatic rings. The standard InChI is InChI=1S/C9H12N2O2/c1-6-3-7(5-11-4-6)9(2,10)8(12)13/h3-5H,10H2,1-2H3,(H,12,13)/t9-/m1/s1. The van der Waals surface area contributed by atoms with Gasteiger partial charge in [0.2, 0.25) is 0 Å². The summed E-state index contributed by atoms with van der Waals surface area (Å²) in [5.74, 6) is -1.06. The number of hydrogen-bond acceptors (Lipinski definition) is 3. The minimum absolute atomic E-state index is 0.514. The average Bonchev–Trinajstić information content (AvgIpc) is 2.04. The normalized spacial score (nSPS) is 15.0. The molecule has 0 bridgehead atoms. The highest BCUT2D eigenvalue weighted by Gasteiger charge is 2.30. The minimum Gasteiger partial charge on any atom is -0.480 e. The first-order valence-corrected chi connectivity index (χ1v) is 3.89. The van der Waals surface area contributed by atoms with Crippen molar-refractivity contribution in [2.24, 2.45) is 5.73 Å². The SMILES string of the molecule is Cc1cncc([C@@](C)(N)C(=O)O)c1. The van der Waals surface area contributed by atoms with Gasteiger partial charge in [-0.05, 0) is 19.4 Å². The molecule has 1 atom stereocenters. The molecule has 0 spiro atoms. The fraction of sp³-hybridized carbons (Fsp3) is 0.333. The smallest absolute Gasteiger partial charge is 0.328 e. The monoisotopic (exact) mass is 180 g/mol. The Labute approximate surface area is 76.4 Å². The molecule has 0 unspecified atom stereocenters. The molecule has 3 N–H and O–H groups in total. The van der Waals surface area contributed by atoms with E-state index in [1.54, 1.807) is 12.3 Å². The number of carboxylic acids is 1. The highest BCUT2D eigenvalue weighted by molar-refractivity contribution is 5.79. The average molecular weight is 180 g/mol. The van der Waals surface area contributed by atoms with Crippen LogP contribution < -0.4 is 5.73 Å². The number of hydrogen-bond donors (Lipinski definition) is 2. The van der Waals surface area contributed by atoms with E-state index in [-0.39, 0.29) is 0 Å². The summed E-state index contributed by atoms with van der Waals surface area (Å²) in [5.41, 5.74) is 5.66. The largest absolute Gasteiger partial charge is 0.480 e. The van der Waals surface area contributed by atoms with Crippen LogP contribution in [0.3, 0.4) is 0 Å². The summed E-state index contributed by atoms with van der Waals surface area (Å²) in [5, 5.41) is 8.83. The van der Waals surface area contributed by atoms with Gasteiger partial charge in [-0.15, -0.1) is 0 Å². The summed E-state index contributed by atoms with van der Waals surface area (Å²) in [7, 11) is 0. The van der Waals surface area contributed by atoms with E-state index in [1.807, 2.05) is 6.92 Å². The second-order valence-electron chi connectivity index (χ2n) is 3.26. The van der Waals surface area contributed by atoms with Gasteiger partial charge in [0.05, 0.1) is 0 Å². The van der Waals surface area contributed by atoms with Crippen molar-refractivity contribution in [2.75, 3.05) is 0 Å². The van der Waals surface area contributed by atoms with Gasteiger partial charge in [0.25, 0.3) is 0 Å². The zero-order chi connectivity index (χ0) is 10.1. The summed E-state index contributed by atoms with van der Waals surface area (Å²) in [4.78, 5) is 14.7. The molecule has 0 aliphatic carbocycles. The fourth-order valence-electron chi connectivity index (χ4n) is 0.962. The van der Waals surface area contributed by atoms with Crippen molar-refractivity contribution in [1.82, 2.24) is 4.98 Å². The second-order valence-corrected chi connectivity index (χ2v) is 3.26. The Morgan fingerprint density at radius 3 is 2.69 bits per heavy atom. The summed E-state index contributed by atoms with van der Waals surface area (Å²) in [6, 6.07) is 1.72. The number of nitrogens with zero attached hydrogens (tertiary/aromatic N) is 1. The Bertz CT molecular complexity index is 334. The number of carboxylic acid groups (broad SMARTS) is 1. The first kappa shape index (κ1) is 9.67. The number of aromatic nitrogens is 1. The Morgan fingerprint density at radius 1 is 1.62 bits per heavy atom. The van der Waals surface area contributed by atoms with Crippen molar-refractivity contribution in [2.45, 2.75) is 19.4 Å². The predicted molar refractivity (Wildman–Crippen MR) is 48.1 cm³/mol. The molecule has 0 fully saturated rings. The molecule has 0 aliphatic heterocycles. The maximum absolute atomic E-state index is 10.8. The molecule has 0 saturated heterocycles. The lowest BCUT2D eigenvalue weighted by atomic mass is 9.94. The molecule has 13 heavy (non-hydrogen) atoms. The molecule has 1 rings (SSSR count). The molecular formula is C9H12N2O2. The molecule has 4 nitrogen and oxygen atoms in total. The third-order valence-corrected chi connectivity index (χ3v) is 1.92. The van der Waals surface area contributed by atoms with Crippen molar-refractivity contribution in [3.05, 3.63) is 29.6 Å². The maximum atomic E-state index is 10.8. The highest BCUT2D eigenvalue weighted by atomic mass is 16.4. The Hall–Kier alpha value is -1.42. The van der Waals surface area contributed by atoms with Crippen molar-refractivity contribution < 1.29 is 9.90 Å². The van der Waals surface area contributed by atoms with E-state index in [4.69, 9.17) is 10.8 Å². The molecule has 0 amide bonds. The van der Waals surface area contributed by atoms with E-state index in [1.165, 1.54) is 13.1 Å². The maximum Gasteiger partial charge on any atom is 0.328 e. The van der Waals surface area contributed by atoms with Crippen molar-refractivity contribution in [3.63, 3.8) is 0 Å². The molecule has 0 aliphatic rings. The molecule has 0 aromatic carbocycles. The first-order valence-electron chi connectivity index (χ1n) is 3.89. The number of nitrogens with two attached hydrogens (primary N) is 1. The number of carbonyl (C=O) groups is 1. The van der Waals surface area contributed by atoms with E-state index in [2.05, 4.69) is 4.98 Å². The number of aliphatic carboxylic acids is 1. The predicted octanol–water partition coefficient (Wildman–Crippen LogP) is 0.649. The van der Waals surface area contributed by atoms with Gasteiger partial charge < -0.3 is 10.8 Å². The van der Waals surface area contributed by atoms with Gasteiger partial charge in [-0.1, -0.05) is 6.07 Å². The highest BCUT2D eigenvalue weighted by Crippen LogP contribution is 2.17. The van der Waals surface area contributed by atoms with Crippen LogP contribution >= 0.6 is 0 Å². The number of rotatable bonds is 2. The van der Waals surface area contributed by atoms with E-state index in [9.17, 15) is 4.79 Å². The third-order valence-electron chi connectivity index (χ3n) is 1.92. The zero-order valence-electron chi connectivity index (χ0n) is 7.61. The lowest BCUT2D eigenvalue weighted by Gasteiger charge is -2.19. The Balaban J connectivity index is 3.14. The molecule has 0 saturated carbocycles. The van der Waals surface area contributed by atoms with Gasteiger partial charge in [0.15, 0.2) is 0 Å². The van der Waals surface area contributed by atoms with Gasteiger partial charge >= 0.3 is 5.97 Å². The lowest BCUT2D eigenvalue weighted by Crippen LogP contribution is -2.41. The van der Waals surface area contributed by atoms with Crippen molar-refractivity contribution in [3.8, 4) is 0 Å². The summed E-state index contributed by atoms with van der Waals surface area (Å²) in [6.07, 6.45) is 3.13. The van der Waals surface area contributed by atoms with E-state index >= 15 is 0 Å². The van der Waals surface area contributed by atoms with Gasteiger partial charge in [0.1, 0.15) is 5.54 Å². The summed E-state index contributed by atoms with van der Waals surface area (Å²) < 4.78 is 0. The Kier molecular flexibility index (Phi) is 2.34. The number of aryl methyl sites for hydroxylation is 1. The third kappa shape index (κ3) is 1.84. The van der Waals surface area contributed by atoms with Crippen LogP contribution in [0.5, 0.6) is 0 Å². The van der Waals surface area contributed by atoms with Crippen molar-refractivity contribution in [1.29, 1.82) is 0 Å². The van der Waals surface area contributed by atoms with Crippen LogP contribution in [0.1, 0.15) is 18.1 Å². The topological polar surface area (TPSA) is 76.2 Å². The van der Waals surface area contributed by atoms with Gasteiger partial charge in [-0.25, -0.2) is 4.79 Å². The van der Waals surface area contributed by atoms with Crippen LogP contribution in [0, 0.1) is 6.92 Å². The van der Waals surface area contributed by atoms with Crippen molar-refractivity contribution >= 4 is 5.97 Å². The zero-order valence-corrected chi connectivity index (χ0v) is 7.61. The van der Waals surface area contributed by atoms with E-state index < -0.39 is 11.5 Å². The second kappa shape index (κ2) is 3.14. The Morgan fingerprint density at radius 2 is 2.23 bits per heavy atom. The van der Waals surface area contributed by atoms with Crippen LogP contribution in [-0.4, -0.2) is 16.1 Å². The van der Waals surface area contributed by atoms with Crippen LogP contribution in [0.25, 0.3) is 0 Å². The molecule has 0 radical (unpaired) electrons. The van der Waals surface area contributed by atoms with Crippen LogP contribution in [0.4, 0.5) is 0 Å². The lowest BCUT2D eigenvalue weighted by molar-refractivity contribution is -0.143. The molecule has 4 heteroatoms. The summed E-state index contributed by atoms with van der Waals surface area (Å²) in [6.45, 7) is 3.29. The van der Waals surface area contributed by atoms with Crippen LogP contribution in [0.2, 0.25) is 0 Å². The van der Waals surface area contributed by atoms with Crippen LogP contribution in [-0.2, 0) is 10.3 Å². The molecule has 1 heterocycles. The minimum atomic E-state index is -1.36.